The van der Waals surface area contributed by atoms with Crippen molar-refractivity contribution < 1.29 is 0 Å². The van der Waals surface area contributed by atoms with Crippen LogP contribution in [0.25, 0.3) is 0 Å². The van der Waals surface area contributed by atoms with Crippen molar-refractivity contribution in [3.63, 3.8) is 0 Å². The van der Waals surface area contributed by atoms with Crippen molar-refractivity contribution in [2.45, 2.75) is 39.2 Å². The number of rotatable bonds is 7. The van der Waals surface area contributed by atoms with Crippen LogP contribution in [0.15, 0.2) is 17.5 Å². The molecule has 21 heavy (non-hydrogen) atoms. The SMILES string of the molecule is CCC(N)Cc1c(C)nn(C)c1N(C)CCc1cccs1. The zero-order valence-electron chi connectivity index (χ0n) is 13.5. The highest BCUT2D eigenvalue weighted by molar-refractivity contribution is 7.09. The number of nitrogens with zero attached hydrogens (tertiary/aromatic N) is 3. The van der Waals surface area contributed by atoms with Gasteiger partial charge in [0, 0.05) is 37.1 Å². The van der Waals surface area contributed by atoms with Crippen LogP contribution in [0.3, 0.4) is 0 Å². The summed E-state index contributed by atoms with van der Waals surface area (Å²) in [5.74, 6) is 1.20. The molecular weight excluding hydrogens is 280 g/mol. The van der Waals surface area contributed by atoms with Gasteiger partial charge in [0.2, 0.25) is 0 Å². The lowest BCUT2D eigenvalue weighted by atomic mass is 10.0. The second kappa shape index (κ2) is 7.09. The van der Waals surface area contributed by atoms with Gasteiger partial charge in [0.15, 0.2) is 0 Å². The van der Waals surface area contributed by atoms with Crippen molar-refractivity contribution in [3.8, 4) is 0 Å². The number of aryl methyl sites for hydroxylation is 2. The van der Waals surface area contributed by atoms with Gasteiger partial charge < -0.3 is 10.6 Å². The minimum absolute atomic E-state index is 0.206. The van der Waals surface area contributed by atoms with E-state index >= 15 is 0 Å². The van der Waals surface area contributed by atoms with Crippen LogP contribution in [0.1, 0.15) is 29.5 Å². The third-order valence-electron chi connectivity index (χ3n) is 3.94. The molecule has 2 N–H and O–H groups in total. The summed E-state index contributed by atoms with van der Waals surface area (Å²) in [4.78, 5) is 3.73. The van der Waals surface area contributed by atoms with Crippen molar-refractivity contribution in [2.24, 2.45) is 12.8 Å². The summed E-state index contributed by atoms with van der Waals surface area (Å²) in [5, 5.41) is 6.72. The Morgan fingerprint density at radius 3 is 2.86 bits per heavy atom. The molecule has 116 valence electrons. The van der Waals surface area contributed by atoms with Gasteiger partial charge >= 0.3 is 0 Å². The predicted octanol–water partition coefficient (Wildman–Crippen LogP) is 2.75. The van der Waals surface area contributed by atoms with E-state index in [1.54, 1.807) is 0 Å². The van der Waals surface area contributed by atoms with E-state index in [1.807, 2.05) is 23.1 Å². The quantitative estimate of drug-likeness (QED) is 0.855. The van der Waals surface area contributed by atoms with Crippen molar-refractivity contribution in [1.29, 1.82) is 0 Å². The lowest BCUT2D eigenvalue weighted by molar-refractivity contribution is 0.642. The summed E-state index contributed by atoms with van der Waals surface area (Å²) in [6.07, 6.45) is 2.96. The first-order valence-corrected chi connectivity index (χ1v) is 8.42. The van der Waals surface area contributed by atoms with Gasteiger partial charge in [-0.25, -0.2) is 0 Å². The molecule has 0 aliphatic rings. The molecule has 2 rings (SSSR count). The molecule has 2 aromatic rings. The summed E-state index contributed by atoms with van der Waals surface area (Å²) in [6.45, 7) is 5.21. The first-order chi connectivity index (χ1) is 10.0. The molecule has 0 aliphatic carbocycles. The zero-order valence-corrected chi connectivity index (χ0v) is 14.3. The summed E-state index contributed by atoms with van der Waals surface area (Å²) in [6, 6.07) is 4.51. The monoisotopic (exact) mass is 306 g/mol. The number of thiophene rings is 1. The minimum atomic E-state index is 0.206. The normalized spacial score (nSPS) is 12.6. The molecule has 2 heterocycles. The number of hydrogen-bond donors (Lipinski definition) is 1. The van der Waals surface area contributed by atoms with Gasteiger partial charge in [-0.2, -0.15) is 5.10 Å². The van der Waals surface area contributed by atoms with Gasteiger partial charge in [0.1, 0.15) is 5.82 Å². The molecule has 0 aliphatic heterocycles. The van der Waals surface area contributed by atoms with Crippen LogP contribution in [0.4, 0.5) is 5.82 Å². The summed E-state index contributed by atoms with van der Waals surface area (Å²) in [7, 11) is 4.16. The third kappa shape index (κ3) is 3.86. The standard InChI is InChI=1S/C16H26N4S/c1-5-13(17)11-15-12(2)18-20(4)16(15)19(3)9-8-14-7-6-10-21-14/h6-7,10,13H,5,8-9,11,17H2,1-4H3. The second-order valence-electron chi connectivity index (χ2n) is 5.63. The Balaban J connectivity index is 2.13. The van der Waals surface area contributed by atoms with Crippen molar-refractivity contribution in [2.75, 3.05) is 18.5 Å². The molecule has 1 atom stereocenters. The summed E-state index contributed by atoms with van der Waals surface area (Å²) >= 11 is 1.82. The van der Waals surface area contributed by atoms with E-state index in [4.69, 9.17) is 5.73 Å². The highest BCUT2D eigenvalue weighted by atomic mass is 32.1. The maximum atomic E-state index is 6.15. The van der Waals surface area contributed by atoms with Crippen LogP contribution in [-0.4, -0.2) is 29.4 Å². The van der Waals surface area contributed by atoms with Crippen molar-refractivity contribution >= 4 is 17.2 Å². The molecule has 5 heteroatoms. The molecule has 0 radical (unpaired) electrons. The summed E-state index contributed by atoms with van der Waals surface area (Å²) < 4.78 is 1.99. The van der Waals surface area contributed by atoms with Crippen LogP contribution in [-0.2, 0) is 19.9 Å². The van der Waals surface area contributed by atoms with Gasteiger partial charge in [-0.15, -0.1) is 11.3 Å². The molecule has 0 bridgehead atoms. The van der Waals surface area contributed by atoms with E-state index in [-0.39, 0.29) is 6.04 Å². The van der Waals surface area contributed by atoms with E-state index in [9.17, 15) is 0 Å². The van der Waals surface area contributed by atoms with Gasteiger partial charge in [0.05, 0.1) is 5.69 Å². The lowest BCUT2D eigenvalue weighted by Crippen LogP contribution is -2.26. The zero-order chi connectivity index (χ0) is 15.4. The lowest BCUT2D eigenvalue weighted by Gasteiger charge is -2.22. The van der Waals surface area contributed by atoms with E-state index < -0.39 is 0 Å². The maximum absolute atomic E-state index is 6.15. The van der Waals surface area contributed by atoms with Crippen LogP contribution in [0.2, 0.25) is 0 Å². The Kier molecular flexibility index (Phi) is 5.42. The molecule has 0 saturated carbocycles. The van der Waals surface area contributed by atoms with Crippen molar-refractivity contribution in [1.82, 2.24) is 9.78 Å². The third-order valence-corrected chi connectivity index (χ3v) is 4.88. The molecule has 4 nitrogen and oxygen atoms in total. The largest absolute Gasteiger partial charge is 0.359 e. The molecule has 0 saturated heterocycles. The number of anilines is 1. The highest BCUT2D eigenvalue weighted by Crippen LogP contribution is 2.24. The van der Waals surface area contributed by atoms with Gasteiger partial charge in [-0.1, -0.05) is 13.0 Å². The van der Waals surface area contributed by atoms with Gasteiger partial charge in [-0.3, -0.25) is 4.68 Å². The van der Waals surface area contributed by atoms with Crippen LogP contribution in [0.5, 0.6) is 0 Å². The molecule has 1 unspecified atom stereocenters. The topological polar surface area (TPSA) is 47.1 Å². The van der Waals surface area contributed by atoms with Crippen molar-refractivity contribution in [3.05, 3.63) is 33.6 Å². The molecular formula is C16H26N4S. The van der Waals surface area contributed by atoms with E-state index in [0.717, 1.165) is 31.5 Å². The van der Waals surface area contributed by atoms with Crippen LogP contribution in [0, 0.1) is 6.92 Å². The molecule has 2 aromatic heterocycles. The fourth-order valence-corrected chi connectivity index (χ4v) is 3.35. The van der Waals surface area contributed by atoms with Crippen LogP contribution >= 0.6 is 11.3 Å². The van der Waals surface area contributed by atoms with E-state index in [2.05, 4.69) is 48.4 Å². The smallest absolute Gasteiger partial charge is 0.129 e. The fraction of sp³-hybridized carbons (Fsp3) is 0.562. The Labute approximate surface area is 131 Å². The second-order valence-corrected chi connectivity index (χ2v) is 6.67. The Bertz CT molecular complexity index is 559. The Morgan fingerprint density at radius 1 is 1.48 bits per heavy atom. The average Bonchev–Trinajstić information content (AvgIpc) is 3.05. The van der Waals surface area contributed by atoms with Gasteiger partial charge in [0.25, 0.3) is 0 Å². The highest BCUT2D eigenvalue weighted by Gasteiger charge is 2.18. The maximum Gasteiger partial charge on any atom is 0.129 e. The minimum Gasteiger partial charge on any atom is -0.359 e. The Hall–Kier alpha value is -1.33. The van der Waals surface area contributed by atoms with E-state index in [1.165, 1.54) is 16.3 Å². The predicted molar refractivity (Wildman–Crippen MR) is 91.2 cm³/mol. The molecule has 0 spiro atoms. The number of likely N-dealkylation sites (N-methyl/N-ethyl adjacent to an activating group) is 1. The number of nitrogens with two attached hydrogens (primary N) is 1. The average molecular weight is 306 g/mol. The van der Waals surface area contributed by atoms with Crippen LogP contribution < -0.4 is 10.6 Å². The summed E-state index contributed by atoms with van der Waals surface area (Å²) in [5.41, 5.74) is 8.54. The Morgan fingerprint density at radius 2 is 2.24 bits per heavy atom. The first kappa shape index (κ1) is 16.0. The fourth-order valence-electron chi connectivity index (χ4n) is 2.65. The number of aromatic nitrogens is 2. The first-order valence-electron chi connectivity index (χ1n) is 7.54. The van der Waals surface area contributed by atoms with E-state index in [0.29, 0.717) is 0 Å². The molecule has 0 amide bonds. The number of hydrogen-bond acceptors (Lipinski definition) is 4. The van der Waals surface area contributed by atoms with Gasteiger partial charge in [-0.05, 0) is 37.6 Å². The molecule has 0 aromatic carbocycles. The molecule has 0 fully saturated rings.